The normalized spacial score (nSPS) is 12.1. The zero-order valence-electron chi connectivity index (χ0n) is 17.0. The Labute approximate surface area is 177 Å². The molecule has 0 aliphatic carbocycles. The Morgan fingerprint density at radius 3 is 2.27 bits per heavy atom. The molecular formula is C23H24N2O4S. The first-order chi connectivity index (χ1) is 14.2. The maximum Gasteiger partial charge on any atom is 0.265 e. The Morgan fingerprint density at radius 1 is 0.933 bits per heavy atom. The molecule has 0 aromatic heterocycles. The fraction of sp³-hybridized carbons (Fsp3) is 0.174. The number of nitrogens with one attached hydrogen (secondary N) is 2. The third kappa shape index (κ3) is 5.39. The van der Waals surface area contributed by atoms with Crippen LogP contribution in [-0.4, -0.2) is 20.4 Å². The molecule has 1 amide bonds. The second kappa shape index (κ2) is 9.00. The van der Waals surface area contributed by atoms with E-state index in [0.29, 0.717) is 17.1 Å². The van der Waals surface area contributed by atoms with E-state index >= 15 is 0 Å². The number of ether oxygens (including phenoxy) is 1. The average Bonchev–Trinajstić information content (AvgIpc) is 2.72. The van der Waals surface area contributed by atoms with Gasteiger partial charge in [0.2, 0.25) is 0 Å². The van der Waals surface area contributed by atoms with E-state index in [0.717, 1.165) is 11.1 Å². The van der Waals surface area contributed by atoms with Gasteiger partial charge in [0, 0.05) is 5.69 Å². The number of carbonyl (C=O) groups excluding carboxylic acids is 1. The lowest BCUT2D eigenvalue weighted by atomic mass is 10.2. The molecule has 0 saturated heterocycles. The summed E-state index contributed by atoms with van der Waals surface area (Å²) in [5, 5.41) is 2.77. The molecule has 0 radical (unpaired) electrons. The highest BCUT2D eigenvalue weighted by Gasteiger charge is 2.17. The third-order valence-electron chi connectivity index (χ3n) is 4.51. The largest absolute Gasteiger partial charge is 0.481 e. The van der Waals surface area contributed by atoms with E-state index < -0.39 is 16.1 Å². The second-order valence-electron chi connectivity index (χ2n) is 7.01. The van der Waals surface area contributed by atoms with Crippen LogP contribution in [0.3, 0.4) is 0 Å². The first-order valence-electron chi connectivity index (χ1n) is 9.47. The van der Waals surface area contributed by atoms with Crippen LogP contribution in [0.25, 0.3) is 0 Å². The van der Waals surface area contributed by atoms with Crippen molar-refractivity contribution in [3.63, 3.8) is 0 Å². The van der Waals surface area contributed by atoms with Crippen molar-refractivity contribution in [2.75, 3.05) is 10.0 Å². The molecule has 156 valence electrons. The minimum absolute atomic E-state index is 0.166. The van der Waals surface area contributed by atoms with E-state index in [1.54, 1.807) is 50.2 Å². The van der Waals surface area contributed by atoms with Crippen molar-refractivity contribution in [3.05, 3.63) is 83.9 Å². The molecule has 30 heavy (non-hydrogen) atoms. The SMILES string of the molecule is Cc1ccc(O[C@H](C)C(=O)Nc2ccc(C)c(NS(=O)(=O)c3ccccc3)c2)cc1. The zero-order chi connectivity index (χ0) is 21.7. The summed E-state index contributed by atoms with van der Waals surface area (Å²) < 4.78 is 33.5. The molecule has 3 rings (SSSR count). The van der Waals surface area contributed by atoms with Crippen molar-refractivity contribution < 1.29 is 17.9 Å². The maximum atomic E-state index is 12.6. The van der Waals surface area contributed by atoms with Crippen LogP contribution in [0, 0.1) is 13.8 Å². The number of rotatable bonds is 7. The Balaban J connectivity index is 1.71. The van der Waals surface area contributed by atoms with Crippen molar-refractivity contribution in [1.82, 2.24) is 0 Å². The molecule has 0 aliphatic heterocycles. The molecule has 0 bridgehead atoms. The first kappa shape index (κ1) is 21.4. The monoisotopic (exact) mass is 424 g/mol. The molecule has 2 N–H and O–H groups in total. The number of amides is 1. The van der Waals surface area contributed by atoms with Gasteiger partial charge in [-0.05, 0) is 62.7 Å². The van der Waals surface area contributed by atoms with Gasteiger partial charge in [0.15, 0.2) is 6.10 Å². The van der Waals surface area contributed by atoms with Crippen LogP contribution in [0.2, 0.25) is 0 Å². The van der Waals surface area contributed by atoms with Gasteiger partial charge in [-0.3, -0.25) is 9.52 Å². The minimum Gasteiger partial charge on any atom is -0.481 e. The van der Waals surface area contributed by atoms with E-state index in [-0.39, 0.29) is 10.8 Å². The molecular weight excluding hydrogens is 400 g/mol. The fourth-order valence-corrected chi connectivity index (χ4v) is 3.87. The molecule has 6 nitrogen and oxygen atoms in total. The van der Waals surface area contributed by atoms with Gasteiger partial charge in [0.25, 0.3) is 15.9 Å². The molecule has 1 atom stereocenters. The summed E-state index contributed by atoms with van der Waals surface area (Å²) in [7, 11) is -3.73. The maximum absolute atomic E-state index is 12.6. The van der Waals surface area contributed by atoms with Gasteiger partial charge in [-0.25, -0.2) is 8.42 Å². The van der Waals surface area contributed by atoms with E-state index in [9.17, 15) is 13.2 Å². The smallest absolute Gasteiger partial charge is 0.265 e. The summed E-state index contributed by atoms with van der Waals surface area (Å²) in [5.41, 5.74) is 2.69. The fourth-order valence-electron chi connectivity index (χ4n) is 2.73. The summed E-state index contributed by atoms with van der Waals surface area (Å²) >= 11 is 0. The minimum atomic E-state index is -3.73. The van der Waals surface area contributed by atoms with Gasteiger partial charge in [-0.15, -0.1) is 0 Å². The molecule has 7 heteroatoms. The zero-order valence-corrected chi connectivity index (χ0v) is 17.9. The molecule has 0 fully saturated rings. The van der Waals surface area contributed by atoms with Gasteiger partial charge in [-0.1, -0.05) is 42.0 Å². The van der Waals surface area contributed by atoms with E-state index in [4.69, 9.17) is 4.74 Å². The van der Waals surface area contributed by atoms with Crippen molar-refractivity contribution in [3.8, 4) is 5.75 Å². The number of sulfonamides is 1. The molecule has 0 heterocycles. The molecule has 0 spiro atoms. The van der Waals surface area contributed by atoms with Crippen LogP contribution in [0.15, 0.2) is 77.7 Å². The lowest BCUT2D eigenvalue weighted by molar-refractivity contribution is -0.122. The summed E-state index contributed by atoms with van der Waals surface area (Å²) in [4.78, 5) is 12.7. The van der Waals surface area contributed by atoms with E-state index in [2.05, 4.69) is 10.0 Å². The van der Waals surface area contributed by atoms with Crippen LogP contribution < -0.4 is 14.8 Å². The number of hydrogen-bond acceptors (Lipinski definition) is 4. The Bertz CT molecular complexity index is 1130. The lowest BCUT2D eigenvalue weighted by Gasteiger charge is -2.16. The van der Waals surface area contributed by atoms with Gasteiger partial charge < -0.3 is 10.1 Å². The highest BCUT2D eigenvalue weighted by atomic mass is 32.2. The van der Waals surface area contributed by atoms with Crippen molar-refractivity contribution in [2.24, 2.45) is 0 Å². The van der Waals surface area contributed by atoms with Gasteiger partial charge in [0.05, 0.1) is 10.6 Å². The molecule has 3 aromatic rings. The lowest BCUT2D eigenvalue weighted by Crippen LogP contribution is -2.30. The summed E-state index contributed by atoms with van der Waals surface area (Å²) in [6.45, 7) is 5.42. The number of aryl methyl sites for hydroxylation is 2. The second-order valence-corrected chi connectivity index (χ2v) is 8.69. The first-order valence-corrected chi connectivity index (χ1v) is 11.0. The molecule has 3 aromatic carbocycles. The quantitative estimate of drug-likeness (QED) is 0.584. The Kier molecular flexibility index (Phi) is 6.42. The Hall–Kier alpha value is -3.32. The number of anilines is 2. The molecule has 0 saturated carbocycles. The number of carbonyl (C=O) groups is 1. The predicted octanol–water partition coefficient (Wildman–Crippen LogP) is 4.51. The summed E-state index contributed by atoms with van der Waals surface area (Å²) in [6.07, 6.45) is -0.724. The topological polar surface area (TPSA) is 84.5 Å². The van der Waals surface area contributed by atoms with Gasteiger partial charge >= 0.3 is 0 Å². The van der Waals surface area contributed by atoms with Crippen LogP contribution in [0.5, 0.6) is 5.75 Å². The average molecular weight is 425 g/mol. The van der Waals surface area contributed by atoms with Gasteiger partial charge in [-0.2, -0.15) is 0 Å². The van der Waals surface area contributed by atoms with Gasteiger partial charge in [0.1, 0.15) is 5.75 Å². The van der Waals surface area contributed by atoms with Crippen molar-refractivity contribution in [2.45, 2.75) is 31.8 Å². The Morgan fingerprint density at radius 2 is 1.60 bits per heavy atom. The van der Waals surface area contributed by atoms with Crippen LogP contribution in [0.4, 0.5) is 11.4 Å². The highest BCUT2D eigenvalue weighted by molar-refractivity contribution is 7.92. The molecule has 0 unspecified atom stereocenters. The standard InChI is InChI=1S/C23H24N2O4S/c1-16-9-13-20(14-10-16)29-18(3)23(26)24-19-12-11-17(2)22(15-19)25-30(27,28)21-7-5-4-6-8-21/h4-15,18,25H,1-3H3,(H,24,26)/t18-/m1/s1. The third-order valence-corrected chi connectivity index (χ3v) is 5.89. The number of hydrogen-bond donors (Lipinski definition) is 2. The van der Waals surface area contributed by atoms with Crippen LogP contribution in [0.1, 0.15) is 18.1 Å². The van der Waals surface area contributed by atoms with E-state index in [1.807, 2.05) is 31.2 Å². The van der Waals surface area contributed by atoms with Crippen molar-refractivity contribution >= 4 is 27.3 Å². The molecule has 0 aliphatic rings. The highest BCUT2D eigenvalue weighted by Crippen LogP contribution is 2.24. The summed E-state index contributed by atoms with van der Waals surface area (Å²) in [6, 6.07) is 20.6. The number of benzene rings is 3. The predicted molar refractivity (Wildman–Crippen MR) is 118 cm³/mol. The van der Waals surface area contributed by atoms with E-state index in [1.165, 1.54) is 12.1 Å². The van der Waals surface area contributed by atoms with Crippen LogP contribution in [-0.2, 0) is 14.8 Å². The van der Waals surface area contributed by atoms with Crippen molar-refractivity contribution in [1.29, 1.82) is 0 Å². The summed E-state index contributed by atoms with van der Waals surface area (Å²) in [5.74, 6) is 0.264. The van der Waals surface area contributed by atoms with Crippen LogP contribution >= 0.6 is 0 Å².